The van der Waals surface area contributed by atoms with Crippen LogP contribution in [0.4, 0.5) is 5.69 Å². The van der Waals surface area contributed by atoms with E-state index in [2.05, 4.69) is 10.4 Å². The highest BCUT2D eigenvalue weighted by Crippen LogP contribution is 2.42. The topological polar surface area (TPSA) is 93.5 Å². The molecule has 1 heterocycles. The van der Waals surface area contributed by atoms with E-state index in [-0.39, 0.29) is 5.91 Å². The summed E-state index contributed by atoms with van der Waals surface area (Å²) in [6.07, 6.45) is 5.62. The Kier molecular flexibility index (Phi) is 4.04. The molecule has 7 nitrogen and oxygen atoms in total. The SMILES string of the molecule is COCC1(C(=O)Nc2cnn(C(C)(C)C(=O)O)c2)CCC1. The van der Waals surface area contributed by atoms with Crippen molar-refractivity contribution >= 4 is 17.6 Å². The molecular weight excluding hydrogens is 274 g/mol. The summed E-state index contributed by atoms with van der Waals surface area (Å²) in [5.74, 6) is -1.08. The maximum atomic E-state index is 12.4. The van der Waals surface area contributed by atoms with E-state index >= 15 is 0 Å². The standard InChI is InChI=1S/C14H21N3O4/c1-13(2,12(19)20)17-8-10(7-15-17)16-11(18)14(9-21-3)5-4-6-14/h7-8H,4-6,9H2,1-3H3,(H,16,18)(H,19,20). The number of amides is 1. The molecule has 0 aliphatic heterocycles. The summed E-state index contributed by atoms with van der Waals surface area (Å²) in [6.45, 7) is 3.49. The van der Waals surface area contributed by atoms with Crippen molar-refractivity contribution in [3.63, 3.8) is 0 Å². The van der Waals surface area contributed by atoms with Crippen LogP contribution in [-0.2, 0) is 19.9 Å². The lowest BCUT2D eigenvalue weighted by Gasteiger charge is -2.39. The van der Waals surface area contributed by atoms with Gasteiger partial charge in [0.1, 0.15) is 0 Å². The van der Waals surface area contributed by atoms with Gasteiger partial charge >= 0.3 is 5.97 Å². The van der Waals surface area contributed by atoms with E-state index in [1.807, 2.05) is 0 Å². The van der Waals surface area contributed by atoms with E-state index in [1.165, 1.54) is 17.1 Å². The van der Waals surface area contributed by atoms with E-state index in [9.17, 15) is 9.59 Å². The molecule has 1 aliphatic carbocycles. The Bertz CT molecular complexity index is 546. The van der Waals surface area contributed by atoms with Gasteiger partial charge < -0.3 is 15.2 Å². The van der Waals surface area contributed by atoms with Crippen LogP contribution in [-0.4, -0.2) is 40.5 Å². The van der Waals surface area contributed by atoms with Crippen molar-refractivity contribution in [1.82, 2.24) is 9.78 Å². The van der Waals surface area contributed by atoms with Crippen molar-refractivity contribution < 1.29 is 19.4 Å². The highest BCUT2D eigenvalue weighted by Gasteiger charge is 2.44. The minimum Gasteiger partial charge on any atom is -0.479 e. The average molecular weight is 295 g/mol. The number of rotatable bonds is 6. The quantitative estimate of drug-likeness (QED) is 0.828. The molecular formula is C14H21N3O4. The lowest BCUT2D eigenvalue weighted by atomic mass is 9.68. The van der Waals surface area contributed by atoms with Gasteiger partial charge in [-0.25, -0.2) is 4.79 Å². The first-order valence-corrected chi connectivity index (χ1v) is 6.91. The molecule has 1 amide bonds. The van der Waals surface area contributed by atoms with Crippen LogP contribution < -0.4 is 5.32 Å². The Balaban J connectivity index is 2.09. The van der Waals surface area contributed by atoms with Gasteiger partial charge in [-0.15, -0.1) is 0 Å². The second-order valence-corrected chi connectivity index (χ2v) is 6.06. The predicted molar refractivity (Wildman–Crippen MR) is 76.0 cm³/mol. The molecule has 2 N–H and O–H groups in total. The first-order valence-electron chi connectivity index (χ1n) is 6.91. The van der Waals surface area contributed by atoms with Crippen molar-refractivity contribution in [1.29, 1.82) is 0 Å². The fourth-order valence-corrected chi connectivity index (χ4v) is 2.37. The highest BCUT2D eigenvalue weighted by molar-refractivity contribution is 5.95. The van der Waals surface area contributed by atoms with Gasteiger partial charge in [0.05, 0.1) is 23.9 Å². The molecule has 0 atom stereocenters. The largest absolute Gasteiger partial charge is 0.479 e. The Morgan fingerprint density at radius 1 is 1.52 bits per heavy atom. The van der Waals surface area contributed by atoms with Crippen molar-refractivity contribution in [2.75, 3.05) is 19.0 Å². The first kappa shape index (κ1) is 15.5. The van der Waals surface area contributed by atoms with Crippen LogP contribution in [0, 0.1) is 5.41 Å². The third-order valence-corrected chi connectivity index (χ3v) is 4.15. The van der Waals surface area contributed by atoms with Crippen molar-refractivity contribution in [3.8, 4) is 0 Å². The van der Waals surface area contributed by atoms with Crippen molar-refractivity contribution in [3.05, 3.63) is 12.4 Å². The van der Waals surface area contributed by atoms with Gasteiger partial charge in [-0.3, -0.25) is 9.48 Å². The zero-order valence-corrected chi connectivity index (χ0v) is 12.5. The zero-order valence-electron chi connectivity index (χ0n) is 12.5. The van der Waals surface area contributed by atoms with Crippen LogP contribution in [0.25, 0.3) is 0 Å². The third kappa shape index (κ3) is 2.78. The van der Waals surface area contributed by atoms with E-state index in [4.69, 9.17) is 9.84 Å². The Morgan fingerprint density at radius 2 is 2.19 bits per heavy atom. The molecule has 7 heteroatoms. The minimum atomic E-state index is -1.16. The molecule has 1 fully saturated rings. The summed E-state index contributed by atoms with van der Waals surface area (Å²) in [6, 6.07) is 0. The van der Waals surface area contributed by atoms with Crippen molar-refractivity contribution in [2.45, 2.75) is 38.6 Å². The number of nitrogens with one attached hydrogen (secondary N) is 1. The van der Waals surface area contributed by atoms with Crippen LogP contribution in [0.5, 0.6) is 0 Å². The number of methoxy groups -OCH3 is 1. The van der Waals surface area contributed by atoms with Crippen LogP contribution in [0.1, 0.15) is 33.1 Å². The molecule has 2 rings (SSSR count). The van der Waals surface area contributed by atoms with Gasteiger partial charge in [0.2, 0.25) is 5.91 Å². The Hall–Kier alpha value is -1.89. The van der Waals surface area contributed by atoms with Crippen LogP contribution in [0.2, 0.25) is 0 Å². The summed E-state index contributed by atoms with van der Waals surface area (Å²) in [5.41, 5.74) is -1.13. The lowest BCUT2D eigenvalue weighted by Crippen LogP contribution is -2.45. The summed E-state index contributed by atoms with van der Waals surface area (Å²) < 4.78 is 6.47. The van der Waals surface area contributed by atoms with E-state index in [0.717, 1.165) is 19.3 Å². The van der Waals surface area contributed by atoms with E-state index < -0.39 is 16.9 Å². The number of carboxylic acids is 1. The number of anilines is 1. The number of carbonyl (C=O) groups excluding carboxylic acids is 1. The summed E-state index contributed by atoms with van der Waals surface area (Å²) >= 11 is 0. The van der Waals surface area contributed by atoms with Crippen molar-refractivity contribution in [2.24, 2.45) is 5.41 Å². The summed E-state index contributed by atoms with van der Waals surface area (Å²) in [5, 5.41) is 16.0. The number of carboxylic acid groups (broad SMARTS) is 1. The third-order valence-electron chi connectivity index (χ3n) is 4.15. The van der Waals surface area contributed by atoms with Gasteiger partial charge in [-0.1, -0.05) is 6.42 Å². The predicted octanol–water partition coefficient (Wildman–Crippen LogP) is 1.46. The molecule has 1 aromatic rings. The molecule has 1 saturated carbocycles. The highest BCUT2D eigenvalue weighted by atomic mass is 16.5. The average Bonchev–Trinajstić information content (AvgIpc) is 2.82. The summed E-state index contributed by atoms with van der Waals surface area (Å²) in [4.78, 5) is 23.5. The Labute approximate surface area is 123 Å². The Morgan fingerprint density at radius 3 is 2.67 bits per heavy atom. The number of aliphatic carboxylic acids is 1. The van der Waals surface area contributed by atoms with Gasteiger partial charge in [-0.2, -0.15) is 5.10 Å². The molecule has 0 bridgehead atoms. The number of hydrogen-bond donors (Lipinski definition) is 2. The maximum absolute atomic E-state index is 12.4. The van der Waals surface area contributed by atoms with Gasteiger partial charge in [0, 0.05) is 13.3 Å². The monoisotopic (exact) mass is 295 g/mol. The lowest BCUT2D eigenvalue weighted by molar-refractivity contribution is -0.146. The van der Waals surface area contributed by atoms with E-state index in [0.29, 0.717) is 12.3 Å². The molecule has 116 valence electrons. The molecule has 21 heavy (non-hydrogen) atoms. The number of carbonyl (C=O) groups is 2. The van der Waals surface area contributed by atoms with Gasteiger partial charge in [-0.05, 0) is 26.7 Å². The number of hydrogen-bond acceptors (Lipinski definition) is 4. The fraction of sp³-hybridized carbons (Fsp3) is 0.643. The molecule has 1 aromatic heterocycles. The maximum Gasteiger partial charge on any atom is 0.331 e. The molecule has 0 radical (unpaired) electrons. The first-order chi connectivity index (χ1) is 9.82. The molecule has 0 aromatic carbocycles. The zero-order chi connectivity index (χ0) is 15.7. The van der Waals surface area contributed by atoms with E-state index in [1.54, 1.807) is 21.0 Å². The normalized spacial score (nSPS) is 17.1. The number of ether oxygens (including phenoxy) is 1. The van der Waals surface area contributed by atoms with Crippen LogP contribution in [0.3, 0.4) is 0 Å². The number of aromatic nitrogens is 2. The second-order valence-electron chi connectivity index (χ2n) is 6.06. The van der Waals surface area contributed by atoms with Crippen LogP contribution >= 0.6 is 0 Å². The van der Waals surface area contributed by atoms with Gasteiger partial charge in [0.15, 0.2) is 5.54 Å². The summed E-state index contributed by atoms with van der Waals surface area (Å²) in [7, 11) is 1.58. The molecule has 0 spiro atoms. The molecule has 0 saturated heterocycles. The molecule has 0 unspecified atom stereocenters. The fourth-order valence-electron chi connectivity index (χ4n) is 2.37. The smallest absolute Gasteiger partial charge is 0.331 e. The second kappa shape index (κ2) is 5.48. The van der Waals surface area contributed by atoms with Crippen LogP contribution in [0.15, 0.2) is 12.4 Å². The molecule has 1 aliphatic rings. The van der Waals surface area contributed by atoms with Gasteiger partial charge in [0.25, 0.3) is 0 Å². The number of nitrogens with zero attached hydrogens (tertiary/aromatic N) is 2. The minimum absolute atomic E-state index is 0.0942.